The van der Waals surface area contributed by atoms with Crippen LogP contribution >= 0.6 is 0 Å². The first kappa shape index (κ1) is 17.2. The molecule has 7 heteroatoms. The number of amides is 2. The predicted octanol–water partition coefficient (Wildman–Crippen LogP) is 2.44. The molecule has 0 fully saturated rings. The lowest BCUT2D eigenvalue weighted by atomic mass is 9.97. The summed E-state index contributed by atoms with van der Waals surface area (Å²) in [6.45, 7) is 1.70. The zero-order valence-corrected chi connectivity index (χ0v) is 15.2. The van der Waals surface area contributed by atoms with Crippen molar-refractivity contribution in [2.24, 2.45) is 5.16 Å². The zero-order valence-electron chi connectivity index (χ0n) is 15.2. The molecule has 2 amide bonds. The molecule has 0 atom stereocenters. The molecule has 4 rings (SSSR count). The van der Waals surface area contributed by atoms with Crippen LogP contribution in [-0.2, 0) is 6.54 Å². The molecule has 2 aromatic carbocycles. The first-order chi connectivity index (χ1) is 13.0. The minimum Gasteiger partial charge on any atom is -0.411 e. The van der Waals surface area contributed by atoms with Crippen molar-refractivity contribution in [2.45, 2.75) is 13.0 Å². The third-order valence-corrected chi connectivity index (χ3v) is 4.96. The maximum Gasteiger partial charge on any atom is 0.259 e. The van der Waals surface area contributed by atoms with E-state index in [1.54, 1.807) is 0 Å². The van der Waals surface area contributed by atoms with Gasteiger partial charge in [0.05, 0.1) is 22.9 Å². The van der Waals surface area contributed by atoms with Crippen LogP contribution in [0.25, 0.3) is 21.8 Å². The topological polar surface area (TPSA) is 86.9 Å². The third-order valence-electron chi connectivity index (χ3n) is 4.96. The van der Waals surface area contributed by atoms with Crippen molar-refractivity contribution < 1.29 is 14.8 Å². The van der Waals surface area contributed by atoms with Gasteiger partial charge in [-0.2, -0.15) is 0 Å². The first-order valence-electron chi connectivity index (χ1n) is 8.78. The van der Waals surface area contributed by atoms with Crippen molar-refractivity contribution in [3.05, 3.63) is 47.0 Å². The summed E-state index contributed by atoms with van der Waals surface area (Å²) in [6.07, 6.45) is 2.14. The summed E-state index contributed by atoms with van der Waals surface area (Å²) in [5.74, 6) is -0.874. The van der Waals surface area contributed by atoms with Crippen molar-refractivity contribution in [1.82, 2.24) is 14.8 Å². The SMILES string of the molecule is CN(C)CCCn1c2ccccc2c2c3c(c(/C=N\O)cc21)C(=O)NC3=O. The van der Waals surface area contributed by atoms with Gasteiger partial charge in [-0.05, 0) is 39.2 Å². The van der Waals surface area contributed by atoms with E-state index in [-0.39, 0.29) is 5.56 Å². The van der Waals surface area contributed by atoms with E-state index in [9.17, 15) is 9.59 Å². The van der Waals surface area contributed by atoms with Gasteiger partial charge in [0, 0.05) is 28.4 Å². The minimum atomic E-state index is -0.462. The molecule has 138 valence electrons. The fourth-order valence-electron chi connectivity index (χ4n) is 3.87. The van der Waals surface area contributed by atoms with Crippen LogP contribution in [0.15, 0.2) is 35.5 Å². The average Bonchev–Trinajstić information content (AvgIpc) is 3.10. The average molecular weight is 364 g/mol. The predicted molar refractivity (Wildman–Crippen MR) is 104 cm³/mol. The van der Waals surface area contributed by atoms with Crippen molar-refractivity contribution in [2.75, 3.05) is 20.6 Å². The lowest BCUT2D eigenvalue weighted by Crippen LogP contribution is -2.20. The number of hydrogen-bond donors (Lipinski definition) is 2. The number of aromatic nitrogens is 1. The minimum absolute atomic E-state index is 0.265. The van der Waals surface area contributed by atoms with Gasteiger partial charge in [0.15, 0.2) is 0 Å². The molecule has 3 aromatic rings. The molecule has 0 unspecified atom stereocenters. The molecule has 0 aliphatic carbocycles. The summed E-state index contributed by atoms with van der Waals surface area (Å²) in [6, 6.07) is 9.70. The van der Waals surface area contributed by atoms with E-state index in [0.717, 1.165) is 41.3 Å². The summed E-state index contributed by atoms with van der Waals surface area (Å²) >= 11 is 0. The number of benzene rings is 2. The number of nitrogens with zero attached hydrogens (tertiary/aromatic N) is 3. The van der Waals surface area contributed by atoms with Gasteiger partial charge in [-0.1, -0.05) is 23.4 Å². The van der Waals surface area contributed by atoms with Gasteiger partial charge >= 0.3 is 0 Å². The highest BCUT2D eigenvalue weighted by atomic mass is 16.4. The van der Waals surface area contributed by atoms with Gasteiger partial charge in [0.2, 0.25) is 0 Å². The van der Waals surface area contributed by atoms with Crippen LogP contribution in [0.2, 0.25) is 0 Å². The summed E-state index contributed by atoms with van der Waals surface area (Å²) in [4.78, 5) is 27.0. The lowest BCUT2D eigenvalue weighted by Gasteiger charge is -2.12. The standard InChI is InChI=1S/C20H20N4O3/c1-23(2)8-5-9-24-14-7-4-3-6-13(14)17-15(24)10-12(11-21-27)16-18(17)20(26)22-19(16)25/h3-4,6-7,10-11,27H,5,8-9H2,1-2H3,(H,22,25,26)/b21-11-. The zero-order chi connectivity index (χ0) is 19.1. The second-order valence-corrected chi connectivity index (χ2v) is 6.96. The van der Waals surface area contributed by atoms with Crippen LogP contribution in [0.3, 0.4) is 0 Å². The highest BCUT2D eigenvalue weighted by Gasteiger charge is 2.33. The van der Waals surface area contributed by atoms with E-state index in [1.165, 1.54) is 6.21 Å². The van der Waals surface area contributed by atoms with Crippen molar-refractivity contribution in [3.8, 4) is 0 Å². The number of fused-ring (bicyclic) bond motifs is 5. The van der Waals surface area contributed by atoms with Crippen molar-refractivity contribution in [3.63, 3.8) is 0 Å². The molecule has 0 saturated carbocycles. The normalized spacial score (nSPS) is 14.0. The molecule has 2 N–H and O–H groups in total. The quantitative estimate of drug-likeness (QED) is 0.315. The van der Waals surface area contributed by atoms with Gasteiger partial charge in [0.1, 0.15) is 0 Å². The number of hydrogen-bond acceptors (Lipinski definition) is 5. The Kier molecular flexibility index (Phi) is 4.16. The highest BCUT2D eigenvalue weighted by molar-refractivity contribution is 6.32. The fourth-order valence-corrected chi connectivity index (χ4v) is 3.87. The third kappa shape index (κ3) is 2.67. The Labute approximate surface area is 155 Å². The smallest absolute Gasteiger partial charge is 0.259 e. The van der Waals surface area contributed by atoms with Gasteiger partial charge in [-0.3, -0.25) is 14.9 Å². The highest BCUT2D eigenvalue weighted by Crippen LogP contribution is 2.36. The molecule has 0 radical (unpaired) electrons. The van der Waals surface area contributed by atoms with Crippen LogP contribution in [0.4, 0.5) is 0 Å². The van der Waals surface area contributed by atoms with E-state index in [0.29, 0.717) is 11.1 Å². The van der Waals surface area contributed by atoms with E-state index >= 15 is 0 Å². The number of carbonyl (C=O) groups excluding carboxylic acids is 2. The molecule has 27 heavy (non-hydrogen) atoms. The van der Waals surface area contributed by atoms with E-state index < -0.39 is 11.8 Å². The molecule has 0 saturated heterocycles. The molecule has 1 aliphatic heterocycles. The van der Waals surface area contributed by atoms with Crippen LogP contribution in [0.1, 0.15) is 32.7 Å². The van der Waals surface area contributed by atoms with Crippen LogP contribution < -0.4 is 5.32 Å². The van der Waals surface area contributed by atoms with Crippen molar-refractivity contribution >= 4 is 39.8 Å². The van der Waals surface area contributed by atoms with Gasteiger partial charge < -0.3 is 14.7 Å². The number of aryl methyl sites for hydroxylation is 1. The first-order valence-corrected chi connectivity index (χ1v) is 8.78. The maximum absolute atomic E-state index is 12.5. The Balaban J connectivity index is 2.05. The number of rotatable bonds is 5. The molecule has 1 aromatic heterocycles. The number of oxime groups is 1. The molecule has 7 nitrogen and oxygen atoms in total. The molecular weight excluding hydrogens is 344 g/mol. The van der Waals surface area contributed by atoms with Gasteiger partial charge in [0.25, 0.3) is 11.8 Å². The van der Waals surface area contributed by atoms with Crippen LogP contribution in [0, 0.1) is 0 Å². The van der Waals surface area contributed by atoms with E-state index in [4.69, 9.17) is 5.21 Å². The fraction of sp³-hybridized carbons (Fsp3) is 0.250. The summed E-state index contributed by atoms with van der Waals surface area (Å²) in [7, 11) is 4.06. The molecule has 0 spiro atoms. The molecule has 2 heterocycles. The Morgan fingerprint density at radius 1 is 1.15 bits per heavy atom. The van der Waals surface area contributed by atoms with Crippen LogP contribution in [-0.4, -0.2) is 53.3 Å². The second-order valence-electron chi connectivity index (χ2n) is 6.96. The number of carbonyl (C=O) groups is 2. The second kappa shape index (κ2) is 6.51. The number of para-hydroxylation sites is 1. The Hall–Kier alpha value is -3.19. The molecule has 1 aliphatic rings. The summed E-state index contributed by atoms with van der Waals surface area (Å²) < 4.78 is 2.17. The van der Waals surface area contributed by atoms with Crippen molar-refractivity contribution in [1.29, 1.82) is 0 Å². The lowest BCUT2D eigenvalue weighted by molar-refractivity contribution is 0.0880. The Morgan fingerprint density at radius 3 is 2.63 bits per heavy atom. The maximum atomic E-state index is 12.5. The van der Waals surface area contributed by atoms with E-state index in [1.807, 2.05) is 44.4 Å². The molecular formula is C20H20N4O3. The summed E-state index contributed by atoms with van der Waals surface area (Å²) in [5, 5.41) is 16.2. The largest absolute Gasteiger partial charge is 0.411 e. The van der Waals surface area contributed by atoms with Gasteiger partial charge in [-0.25, -0.2) is 0 Å². The Bertz CT molecular complexity index is 1110. The van der Waals surface area contributed by atoms with Gasteiger partial charge in [-0.15, -0.1) is 0 Å². The van der Waals surface area contributed by atoms with E-state index in [2.05, 4.69) is 19.9 Å². The van der Waals surface area contributed by atoms with Crippen LogP contribution in [0.5, 0.6) is 0 Å². The number of imide groups is 1. The monoisotopic (exact) mass is 364 g/mol. The Morgan fingerprint density at radius 2 is 1.89 bits per heavy atom. The summed E-state index contributed by atoms with van der Waals surface area (Å²) in [5.41, 5.74) is 2.92. The molecule has 0 bridgehead atoms. The number of nitrogens with one attached hydrogen (secondary N) is 1.